The molecule has 1 saturated heterocycles. The molecule has 0 amide bonds. The lowest BCUT2D eigenvalue weighted by atomic mass is 9.86. The summed E-state index contributed by atoms with van der Waals surface area (Å²) in [7, 11) is 3.77. The Labute approximate surface area is 231 Å². The van der Waals surface area contributed by atoms with Crippen LogP contribution in [0.25, 0.3) is 0 Å². The smallest absolute Gasteiger partial charge is 0.222 e. The molecule has 8 heteroatoms. The van der Waals surface area contributed by atoms with Gasteiger partial charge in [0.1, 0.15) is 6.61 Å². The molecule has 1 unspecified atom stereocenters. The summed E-state index contributed by atoms with van der Waals surface area (Å²) >= 11 is 0. The first kappa shape index (κ1) is 28.3. The van der Waals surface area contributed by atoms with Crippen LogP contribution in [0.1, 0.15) is 63.1 Å². The van der Waals surface area contributed by atoms with Gasteiger partial charge in [-0.3, -0.25) is 4.99 Å². The van der Waals surface area contributed by atoms with Gasteiger partial charge in [0, 0.05) is 24.3 Å². The van der Waals surface area contributed by atoms with Crippen molar-refractivity contribution in [3.05, 3.63) is 65.0 Å². The van der Waals surface area contributed by atoms with E-state index in [1.54, 1.807) is 7.05 Å². The minimum Gasteiger partial charge on any atom is -0.486 e. The van der Waals surface area contributed by atoms with Gasteiger partial charge >= 0.3 is 0 Å². The highest BCUT2D eigenvalue weighted by Crippen LogP contribution is 2.39. The van der Waals surface area contributed by atoms with Gasteiger partial charge in [-0.1, -0.05) is 12.6 Å². The second-order valence-corrected chi connectivity index (χ2v) is 10.9. The van der Waals surface area contributed by atoms with Gasteiger partial charge in [-0.05, 0) is 102 Å². The summed E-state index contributed by atoms with van der Waals surface area (Å²) in [4.78, 5) is 13.6. The Morgan fingerprint density at radius 1 is 1.23 bits per heavy atom. The zero-order chi connectivity index (χ0) is 28.3. The highest BCUT2D eigenvalue weighted by molar-refractivity contribution is 6.18. The number of rotatable bonds is 5. The zero-order valence-electron chi connectivity index (χ0n) is 23.9. The van der Waals surface area contributed by atoms with Gasteiger partial charge in [0.15, 0.2) is 11.6 Å². The third-order valence-electron chi connectivity index (χ3n) is 7.50. The average molecular weight is 531 g/mol. The number of benzene rings is 2. The third-order valence-corrected chi connectivity index (χ3v) is 7.50. The monoisotopic (exact) mass is 530 g/mol. The van der Waals surface area contributed by atoms with E-state index in [-0.39, 0.29) is 17.8 Å². The lowest BCUT2D eigenvalue weighted by molar-refractivity contribution is 0.252. The van der Waals surface area contributed by atoms with Gasteiger partial charge in [-0.15, -0.1) is 0 Å². The fourth-order valence-corrected chi connectivity index (χ4v) is 5.54. The number of anilines is 2. The topological polar surface area (TPSA) is 76.2 Å². The average Bonchev–Trinajstić information content (AvgIpc) is 2.90. The van der Waals surface area contributed by atoms with Gasteiger partial charge in [0.25, 0.3) is 0 Å². The number of ether oxygens (including phenoxy) is 1. The number of nitrogens with zero attached hydrogens (tertiary/aromatic N) is 5. The summed E-state index contributed by atoms with van der Waals surface area (Å²) in [6.45, 7) is 14.7. The van der Waals surface area contributed by atoms with Crippen molar-refractivity contribution in [1.82, 2.24) is 4.90 Å². The molecule has 2 aromatic rings. The Hall–Kier alpha value is -3.70. The zero-order valence-corrected chi connectivity index (χ0v) is 23.9. The minimum atomic E-state index is -0.430. The lowest BCUT2D eigenvalue weighted by Crippen LogP contribution is -2.45. The molecule has 39 heavy (non-hydrogen) atoms. The maximum absolute atomic E-state index is 15.3. The fourth-order valence-electron chi connectivity index (χ4n) is 5.54. The van der Waals surface area contributed by atoms with Crippen LogP contribution in [0.2, 0.25) is 0 Å². The Balaban J connectivity index is 1.65. The Kier molecular flexibility index (Phi) is 8.71. The quantitative estimate of drug-likeness (QED) is 0.381. The van der Waals surface area contributed by atoms with Gasteiger partial charge < -0.3 is 19.9 Å². The predicted octanol–water partition coefficient (Wildman–Crippen LogP) is 5.97. The molecule has 0 bridgehead atoms. The summed E-state index contributed by atoms with van der Waals surface area (Å²) in [5.74, 6) is 0.559. The molecule has 2 aliphatic rings. The lowest BCUT2D eigenvalue weighted by Gasteiger charge is -2.40. The van der Waals surface area contributed by atoms with Crippen LogP contribution in [0, 0.1) is 17.1 Å². The molecule has 1 atom stereocenters. The maximum Gasteiger partial charge on any atom is 0.222 e. The van der Waals surface area contributed by atoms with E-state index in [1.807, 2.05) is 31.2 Å². The molecule has 2 heterocycles. The molecule has 1 fully saturated rings. The number of aliphatic imine (C=N–C) groups is 2. The summed E-state index contributed by atoms with van der Waals surface area (Å²) in [5, 5.41) is 13.1. The molecule has 0 spiro atoms. The largest absolute Gasteiger partial charge is 0.486 e. The summed E-state index contributed by atoms with van der Waals surface area (Å²) in [6, 6.07) is 11.9. The highest BCUT2D eigenvalue weighted by atomic mass is 19.1. The van der Waals surface area contributed by atoms with E-state index in [0.29, 0.717) is 46.6 Å². The normalized spacial score (nSPS) is 18.9. The first-order chi connectivity index (χ1) is 18.6. The highest BCUT2D eigenvalue weighted by Gasteiger charge is 2.30. The minimum absolute atomic E-state index is 0.110. The summed E-state index contributed by atoms with van der Waals surface area (Å²) in [6.07, 6.45) is 2.09. The number of hydrogen-bond donors (Lipinski definition) is 1. The fraction of sp³-hybridized carbons (Fsp3) is 0.452. The SMILES string of the molecule is C=C(C)C(=NC(=NC)Nc1ccc(C2CCN(C)CC2)c(C#N)c1)c1cc(F)c2c(c1)N(C(C)C)C(C)CO2. The number of likely N-dealkylation sites (tertiary alicyclic amines) is 1. The predicted molar refractivity (Wildman–Crippen MR) is 158 cm³/mol. The summed E-state index contributed by atoms with van der Waals surface area (Å²) in [5.41, 5.74) is 4.98. The first-order valence-electron chi connectivity index (χ1n) is 13.6. The van der Waals surface area contributed by atoms with Crippen LogP contribution in [0.4, 0.5) is 15.8 Å². The van der Waals surface area contributed by atoms with Crippen LogP contribution in [0.3, 0.4) is 0 Å². The molecule has 0 aromatic heterocycles. The first-order valence-corrected chi connectivity index (χ1v) is 13.6. The van der Waals surface area contributed by atoms with Gasteiger partial charge in [0.2, 0.25) is 5.96 Å². The number of nitriles is 1. The Morgan fingerprint density at radius 3 is 2.56 bits per heavy atom. The second kappa shape index (κ2) is 12.0. The van der Waals surface area contributed by atoms with E-state index in [9.17, 15) is 5.26 Å². The molecule has 0 aliphatic carbocycles. The van der Waals surface area contributed by atoms with Crippen molar-refractivity contribution in [2.75, 3.05) is 44.0 Å². The molecule has 206 valence electrons. The van der Waals surface area contributed by atoms with Gasteiger partial charge in [0.05, 0.1) is 29.1 Å². The number of halogens is 1. The second-order valence-electron chi connectivity index (χ2n) is 10.9. The molecule has 0 radical (unpaired) electrons. The Bertz CT molecular complexity index is 1330. The van der Waals surface area contributed by atoms with Crippen molar-refractivity contribution < 1.29 is 9.13 Å². The number of nitrogens with one attached hydrogen (secondary N) is 1. The Morgan fingerprint density at radius 2 is 1.95 bits per heavy atom. The van der Waals surface area contributed by atoms with Gasteiger partial charge in [-0.2, -0.15) is 5.26 Å². The van der Waals surface area contributed by atoms with Crippen molar-refractivity contribution in [1.29, 1.82) is 5.26 Å². The van der Waals surface area contributed by atoms with E-state index in [2.05, 4.69) is 60.6 Å². The number of fused-ring (bicyclic) bond motifs is 1. The van der Waals surface area contributed by atoms with Crippen molar-refractivity contribution >= 4 is 23.0 Å². The molecule has 4 rings (SSSR count). The van der Waals surface area contributed by atoms with E-state index in [1.165, 1.54) is 6.07 Å². The summed E-state index contributed by atoms with van der Waals surface area (Å²) < 4.78 is 21.0. The van der Waals surface area contributed by atoms with Gasteiger partial charge in [-0.25, -0.2) is 9.38 Å². The molecule has 7 nitrogen and oxygen atoms in total. The molecule has 2 aliphatic heterocycles. The van der Waals surface area contributed by atoms with Crippen LogP contribution in [-0.2, 0) is 0 Å². The number of allylic oxidation sites excluding steroid dienone is 1. The molecule has 2 aromatic carbocycles. The third kappa shape index (κ3) is 6.15. The van der Waals surface area contributed by atoms with Crippen LogP contribution in [0.5, 0.6) is 5.75 Å². The van der Waals surface area contributed by atoms with Crippen molar-refractivity contribution in [2.24, 2.45) is 9.98 Å². The van der Waals surface area contributed by atoms with Crippen LogP contribution < -0.4 is 15.0 Å². The number of piperidine rings is 1. The van der Waals surface area contributed by atoms with Crippen molar-refractivity contribution in [2.45, 2.75) is 58.5 Å². The molecular formula is C31H39FN6O. The number of hydrogen-bond acceptors (Lipinski definition) is 5. The van der Waals surface area contributed by atoms with E-state index >= 15 is 4.39 Å². The van der Waals surface area contributed by atoms with Crippen LogP contribution >= 0.6 is 0 Å². The van der Waals surface area contributed by atoms with E-state index in [0.717, 1.165) is 37.2 Å². The maximum atomic E-state index is 15.3. The molecule has 0 saturated carbocycles. The van der Waals surface area contributed by atoms with E-state index in [4.69, 9.17) is 9.73 Å². The van der Waals surface area contributed by atoms with Crippen molar-refractivity contribution in [3.63, 3.8) is 0 Å². The van der Waals surface area contributed by atoms with Crippen LogP contribution in [-0.4, -0.2) is 62.4 Å². The van der Waals surface area contributed by atoms with Crippen molar-refractivity contribution in [3.8, 4) is 11.8 Å². The standard InChI is InChI=1S/C31H39FN6O/c1-19(2)29(23-15-27(32)30-28(16-23)38(20(3)4)21(5)18-39-30)36-31(34-6)35-25-8-9-26(24(14-25)17-33)22-10-12-37(7)13-11-22/h8-9,14-16,20-22H,1,10-13,18H2,2-7H3,(H,34,35). The molecular weight excluding hydrogens is 491 g/mol. The molecule has 1 N–H and O–H groups in total. The number of guanidine groups is 1. The van der Waals surface area contributed by atoms with Crippen LogP contribution in [0.15, 0.2) is 52.5 Å². The van der Waals surface area contributed by atoms with E-state index < -0.39 is 5.82 Å².